The van der Waals surface area contributed by atoms with Crippen molar-refractivity contribution in [1.29, 1.82) is 0 Å². The van der Waals surface area contributed by atoms with E-state index in [9.17, 15) is 9.59 Å². The molecule has 106 valence electrons. The number of rotatable bonds is 5. The average molecular weight is 274 g/mol. The molecule has 1 aromatic rings. The van der Waals surface area contributed by atoms with Gasteiger partial charge in [0, 0.05) is 24.5 Å². The zero-order valence-corrected chi connectivity index (χ0v) is 11.1. The predicted molar refractivity (Wildman–Crippen MR) is 78.6 cm³/mol. The van der Waals surface area contributed by atoms with E-state index in [-0.39, 0.29) is 11.9 Å². The van der Waals surface area contributed by atoms with Crippen LogP contribution in [-0.2, 0) is 4.79 Å². The molecule has 0 spiro atoms. The zero-order chi connectivity index (χ0) is 14.5. The molecule has 6 heteroatoms. The predicted octanol–water partition coefficient (Wildman–Crippen LogP) is 1.06. The largest absolute Gasteiger partial charge is 0.336 e. The van der Waals surface area contributed by atoms with Crippen molar-refractivity contribution < 1.29 is 9.59 Å². The molecule has 1 aliphatic rings. The van der Waals surface area contributed by atoms with Crippen molar-refractivity contribution in [2.24, 2.45) is 5.73 Å². The minimum atomic E-state index is -0.600. The first-order valence-electron chi connectivity index (χ1n) is 6.44. The smallest absolute Gasteiger partial charge is 0.321 e. The van der Waals surface area contributed by atoms with E-state index < -0.39 is 6.04 Å². The summed E-state index contributed by atoms with van der Waals surface area (Å²) in [6.07, 6.45) is 2.04. The average Bonchev–Trinajstić information content (AvgIpc) is 2.86. The Bertz CT molecular complexity index is 512. The first kappa shape index (κ1) is 14.1. The van der Waals surface area contributed by atoms with Crippen molar-refractivity contribution in [1.82, 2.24) is 5.32 Å². The highest BCUT2D eigenvalue weighted by atomic mass is 16.2. The van der Waals surface area contributed by atoms with Gasteiger partial charge in [-0.15, -0.1) is 6.58 Å². The number of urea groups is 1. The number of nitrogens with one attached hydrogen (secondary N) is 2. The molecule has 1 saturated heterocycles. The van der Waals surface area contributed by atoms with Gasteiger partial charge in [0.05, 0.1) is 6.04 Å². The first-order valence-corrected chi connectivity index (χ1v) is 6.44. The summed E-state index contributed by atoms with van der Waals surface area (Å²) >= 11 is 0. The van der Waals surface area contributed by atoms with Gasteiger partial charge in [0.2, 0.25) is 5.91 Å². The molecule has 0 saturated carbocycles. The van der Waals surface area contributed by atoms with Gasteiger partial charge in [0.25, 0.3) is 0 Å². The van der Waals surface area contributed by atoms with Gasteiger partial charge in [-0.05, 0) is 30.7 Å². The summed E-state index contributed by atoms with van der Waals surface area (Å²) in [5, 5.41) is 5.46. The Balaban J connectivity index is 1.99. The van der Waals surface area contributed by atoms with E-state index in [1.807, 2.05) is 0 Å². The van der Waals surface area contributed by atoms with Crippen molar-refractivity contribution in [2.75, 3.05) is 23.3 Å². The second kappa shape index (κ2) is 6.21. The van der Waals surface area contributed by atoms with Gasteiger partial charge in [-0.25, -0.2) is 4.79 Å². The number of hydrogen-bond donors (Lipinski definition) is 3. The normalized spacial score (nSPS) is 15.7. The number of anilines is 2. The molecule has 4 N–H and O–H groups in total. The van der Waals surface area contributed by atoms with Crippen molar-refractivity contribution in [2.45, 2.75) is 12.5 Å². The van der Waals surface area contributed by atoms with Crippen LogP contribution in [0.3, 0.4) is 0 Å². The molecule has 1 aromatic carbocycles. The summed E-state index contributed by atoms with van der Waals surface area (Å²) < 4.78 is 0. The molecule has 1 fully saturated rings. The van der Waals surface area contributed by atoms with E-state index in [0.717, 1.165) is 5.69 Å². The second-order valence-corrected chi connectivity index (χ2v) is 4.55. The molecule has 6 nitrogen and oxygen atoms in total. The number of amides is 3. The molecule has 1 heterocycles. The molecule has 1 unspecified atom stereocenters. The Kier molecular flexibility index (Phi) is 4.37. The molecule has 0 aromatic heterocycles. The van der Waals surface area contributed by atoms with Crippen LogP contribution in [0, 0.1) is 0 Å². The maximum absolute atomic E-state index is 11.7. The molecule has 0 aliphatic carbocycles. The number of carbonyl (C=O) groups excluding carboxylic acids is 2. The molecule has 1 atom stereocenters. The minimum Gasteiger partial charge on any atom is -0.336 e. The Morgan fingerprint density at radius 1 is 1.50 bits per heavy atom. The third-order valence-electron chi connectivity index (χ3n) is 3.06. The first-order chi connectivity index (χ1) is 9.61. The second-order valence-electron chi connectivity index (χ2n) is 4.55. The number of carbonyl (C=O) groups is 2. The zero-order valence-electron chi connectivity index (χ0n) is 11.1. The van der Waals surface area contributed by atoms with E-state index in [4.69, 9.17) is 5.73 Å². The third-order valence-corrected chi connectivity index (χ3v) is 3.06. The SMILES string of the molecule is C=CCC(N)C(=O)Nc1ccc(N2CCNC2=O)cc1. The van der Waals surface area contributed by atoms with Gasteiger partial charge in [0.1, 0.15) is 0 Å². The van der Waals surface area contributed by atoms with Crippen molar-refractivity contribution >= 4 is 23.3 Å². The Morgan fingerprint density at radius 3 is 2.75 bits per heavy atom. The van der Waals surface area contributed by atoms with E-state index in [1.54, 1.807) is 35.2 Å². The van der Waals surface area contributed by atoms with Gasteiger partial charge in [-0.3, -0.25) is 9.69 Å². The lowest BCUT2D eigenvalue weighted by atomic mass is 10.2. The highest BCUT2D eigenvalue weighted by Gasteiger charge is 2.20. The number of nitrogens with two attached hydrogens (primary N) is 1. The highest BCUT2D eigenvalue weighted by Crippen LogP contribution is 2.19. The van der Waals surface area contributed by atoms with Gasteiger partial charge >= 0.3 is 6.03 Å². The maximum Gasteiger partial charge on any atom is 0.321 e. The number of hydrogen-bond acceptors (Lipinski definition) is 3. The van der Waals surface area contributed by atoms with Gasteiger partial charge in [0.15, 0.2) is 0 Å². The summed E-state index contributed by atoms with van der Waals surface area (Å²) in [6, 6.07) is 6.38. The standard InChI is InChI=1S/C14H18N4O2/c1-2-3-12(15)13(19)17-10-4-6-11(7-5-10)18-9-8-16-14(18)20/h2,4-7,12H,1,3,8-9,15H2,(H,16,20)(H,17,19). The fourth-order valence-electron chi connectivity index (χ4n) is 1.96. The molecule has 1 aliphatic heterocycles. The highest BCUT2D eigenvalue weighted by molar-refractivity contribution is 5.96. The molecule has 2 rings (SSSR count). The van der Waals surface area contributed by atoms with Crippen LogP contribution in [0.5, 0.6) is 0 Å². The van der Waals surface area contributed by atoms with Crippen LogP contribution >= 0.6 is 0 Å². The monoisotopic (exact) mass is 274 g/mol. The maximum atomic E-state index is 11.7. The molecule has 3 amide bonds. The van der Waals surface area contributed by atoms with E-state index in [0.29, 0.717) is 25.2 Å². The molecular weight excluding hydrogens is 256 g/mol. The van der Waals surface area contributed by atoms with Crippen LogP contribution in [0.1, 0.15) is 6.42 Å². The van der Waals surface area contributed by atoms with Gasteiger partial charge < -0.3 is 16.4 Å². The molecular formula is C14H18N4O2. The summed E-state index contributed by atoms with van der Waals surface area (Å²) in [5.41, 5.74) is 7.13. The lowest BCUT2D eigenvalue weighted by Crippen LogP contribution is -2.35. The van der Waals surface area contributed by atoms with Crippen LogP contribution in [0.15, 0.2) is 36.9 Å². The molecule has 20 heavy (non-hydrogen) atoms. The Labute approximate surface area is 117 Å². The summed E-state index contributed by atoms with van der Waals surface area (Å²) in [6.45, 7) is 4.84. The van der Waals surface area contributed by atoms with Crippen molar-refractivity contribution in [3.63, 3.8) is 0 Å². The summed E-state index contributed by atoms with van der Waals surface area (Å²) in [4.78, 5) is 24.9. The molecule has 0 bridgehead atoms. The summed E-state index contributed by atoms with van der Waals surface area (Å²) in [7, 11) is 0. The topological polar surface area (TPSA) is 87.5 Å². The Morgan fingerprint density at radius 2 is 2.20 bits per heavy atom. The lowest BCUT2D eigenvalue weighted by Gasteiger charge is -2.15. The van der Waals surface area contributed by atoms with Gasteiger partial charge in [-0.1, -0.05) is 6.08 Å². The van der Waals surface area contributed by atoms with Gasteiger partial charge in [-0.2, -0.15) is 0 Å². The quantitative estimate of drug-likeness (QED) is 0.701. The Hall–Kier alpha value is -2.34. The van der Waals surface area contributed by atoms with Crippen molar-refractivity contribution in [3.05, 3.63) is 36.9 Å². The van der Waals surface area contributed by atoms with Crippen LogP contribution in [-0.4, -0.2) is 31.1 Å². The minimum absolute atomic E-state index is 0.102. The van der Waals surface area contributed by atoms with E-state index in [1.165, 1.54) is 0 Å². The fourth-order valence-corrected chi connectivity index (χ4v) is 1.96. The number of benzene rings is 1. The van der Waals surface area contributed by atoms with Crippen LogP contribution in [0.4, 0.5) is 16.2 Å². The van der Waals surface area contributed by atoms with Crippen LogP contribution in [0.25, 0.3) is 0 Å². The lowest BCUT2D eigenvalue weighted by molar-refractivity contribution is -0.117. The van der Waals surface area contributed by atoms with Crippen molar-refractivity contribution in [3.8, 4) is 0 Å². The van der Waals surface area contributed by atoms with E-state index >= 15 is 0 Å². The van der Waals surface area contributed by atoms with Crippen LogP contribution < -0.4 is 21.3 Å². The number of nitrogens with zero attached hydrogens (tertiary/aromatic N) is 1. The van der Waals surface area contributed by atoms with Crippen LogP contribution in [0.2, 0.25) is 0 Å². The molecule has 0 radical (unpaired) electrons. The fraction of sp³-hybridized carbons (Fsp3) is 0.286. The third kappa shape index (κ3) is 3.16. The summed E-state index contributed by atoms with van der Waals surface area (Å²) in [5.74, 6) is -0.253. The van der Waals surface area contributed by atoms with E-state index in [2.05, 4.69) is 17.2 Å².